The number of halogens is 6. The Morgan fingerprint density at radius 2 is 1.58 bits per heavy atom. The van der Waals surface area contributed by atoms with Gasteiger partial charge in [-0.1, -0.05) is 0 Å². The number of ether oxygens (including phenoxy) is 1. The van der Waals surface area contributed by atoms with Crippen molar-refractivity contribution in [2.75, 3.05) is 5.73 Å². The smallest absolute Gasteiger partial charge is 0.406 e. The Hall–Kier alpha value is -1.65. The first-order valence-corrected chi connectivity index (χ1v) is 5.79. The molecule has 19 heavy (non-hydrogen) atoms. The number of hydrogen-bond donors (Lipinski definition) is 1. The van der Waals surface area contributed by atoms with E-state index in [2.05, 4.69) is 4.74 Å². The van der Waals surface area contributed by atoms with Crippen LogP contribution < -0.4 is 10.5 Å². The molecule has 0 aliphatic carbocycles. The van der Waals surface area contributed by atoms with Crippen LogP contribution in [0.15, 0.2) is 23.1 Å². The van der Waals surface area contributed by atoms with E-state index in [1.165, 1.54) is 0 Å². The molecule has 108 valence electrons. The van der Waals surface area contributed by atoms with Crippen molar-refractivity contribution in [1.29, 1.82) is 0 Å². The highest BCUT2D eigenvalue weighted by Gasteiger charge is 2.48. The molecule has 0 aliphatic heterocycles. The van der Waals surface area contributed by atoms with Gasteiger partial charge in [-0.3, -0.25) is 0 Å². The third-order valence-corrected chi connectivity index (χ3v) is 3.35. The molecule has 1 aromatic rings. The lowest BCUT2D eigenvalue weighted by atomic mass is 10.3. The van der Waals surface area contributed by atoms with Crippen LogP contribution in [-0.2, 0) is 9.84 Å². The molecule has 0 unspecified atom stereocenters. The van der Waals surface area contributed by atoms with Crippen LogP contribution in [0.1, 0.15) is 0 Å². The van der Waals surface area contributed by atoms with E-state index in [4.69, 9.17) is 5.73 Å². The zero-order valence-corrected chi connectivity index (χ0v) is 9.53. The second-order valence-electron chi connectivity index (χ2n) is 3.20. The fourth-order valence-electron chi connectivity index (χ4n) is 1.07. The Labute approximate surface area is 102 Å². The largest absolute Gasteiger partial charge is 0.573 e. The lowest BCUT2D eigenvalue weighted by molar-refractivity contribution is -0.274. The summed E-state index contributed by atoms with van der Waals surface area (Å²) in [4.78, 5) is -1.50. The van der Waals surface area contributed by atoms with Gasteiger partial charge in [0.15, 0.2) is 0 Å². The van der Waals surface area contributed by atoms with E-state index < -0.39 is 38.0 Å². The molecule has 4 nitrogen and oxygen atoms in total. The summed E-state index contributed by atoms with van der Waals surface area (Å²) < 4.78 is 97.8. The van der Waals surface area contributed by atoms with E-state index in [9.17, 15) is 34.8 Å². The maximum Gasteiger partial charge on any atom is 0.573 e. The van der Waals surface area contributed by atoms with Gasteiger partial charge in [-0.15, -0.1) is 13.2 Å². The average molecular weight is 309 g/mol. The maximum atomic E-state index is 12.3. The van der Waals surface area contributed by atoms with Crippen LogP contribution in [0.3, 0.4) is 0 Å². The van der Waals surface area contributed by atoms with Crippen LogP contribution in [0.4, 0.5) is 32.0 Å². The van der Waals surface area contributed by atoms with E-state index in [1.54, 1.807) is 0 Å². The number of benzene rings is 1. The average Bonchev–Trinajstić information content (AvgIpc) is 2.16. The minimum absolute atomic E-state index is 0.0612. The zero-order valence-electron chi connectivity index (χ0n) is 8.71. The van der Waals surface area contributed by atoms with Crippen molar-refractivity contribution in [2.24, 2.45) is 0 Å². The van der Waals surface area contributed by atoms with E-state index >= 15 is 0 Å². The molecule has 0 saturated heterocycles. The van der Waals surface area contributed by atoms with Crippen LogP contribution in [0, 0.1) is 0 Å². The van der Waals surface area contributed by atoms with Crippen molar-refractivity contribution in [1.82, 2.24) is 0 Å². The molecule has 0 spiro atoms. The number of hydrogen-bond acceptors (Lipinski definition) is 4. The van der Waals surface area contributed by atoms with Crippen LogP contribution in [-0.4, -0.2) is 20.3 Å². The summed E-state index contributed by atoms with van der Waals surface area (Å²) in [5.74, 6) is -1.12. The Morgan fingerprint density at radius 3 is 2.00 bits per heavy atom. The highest BCUT2D eigenvalue weighted by atomic mass is 32.2. The number of nitrogens with two attached hydrogens (primary N) is 1. The molecule has 1 rings (SSSR count). The molecule has 0 aliphatic rings. The van der Waals surface area contributed by atoms with Crippen LogP contribution in [0.25, 0.3) is 0 Å². The second kappa shape index (κ2) is 4.47. The van der Waals surface area contributed by atoms with Crippen LogP contribution in [0.2, 0.25) is 0 Å². The van der Waals surface area contributed by atoms with E-state index in [0.29, 0.717) is 12.1 Å². The fraction of sp³-hybridized carbons (Fsp3) is 0.250. The van der Waals surface area contributed by atoms with Crippen LogP contribution >= 0.6 is 0 Å². The molecule has 0 atom stereocenters. The van der Waals surface area contributed by atoms with Gasteiger partial charge in [0.05, 0.1) is 5.69 Å². The summed E-state index contributed by atoms with van der Waals surface area (Å²) in [6.07, 6.45) is -5.17. The fourth-order valence-corrected chi connectivity index (χ4v) is 1.97. The molecule has 0 amide bonds. The molecule has 11 heteroatoms. The Bertz CT molecular complexity index is 577. The van der Waals surface area contributed by atoms with E-state index in [0.717, 1.165) is 0 Å². The highest BCUT2D eigenvalue weighted by molar-refractivity contribution is 7.92. The lowest BCUT2D eigenvalue weighted by Gasteiger charge is -2.13. The Morgan fingerprint density at radius 1 is 1.05 bits per heavy atom. The first kappa shape index (κ1) is 15.4. The van der Waals surface area contributed by atoms with E-state index in [1.807, 2.05) is 0 Å². The third kappa shape index (κ3) is 3.43. The molecule has 0 bridgehead atoms. The van der Waals surface area contributed by atoms with Gasteiger partial charge in [0.25, 0.3) is 9.84 Å². The van der Waals surface area contributed by atoms with Crippen molar-refractivity contribution < 1.29 is 39.5 Å². The number of rotatable bonds is 2. The quantitative estimate of drug-likeness (QED) is 0.673. The van der Waals surface area contributed by atoms with Gasteiger partial charge < -0.3 is 10.5 Å². The standard InChI is InChI=1S/C8H5F6NO3S/c9-7(10,11)18-4-1-2-5(15)6(3-4)19(16,17)8(12,13)14/h1-3H,15H2. The van der Waals surface area contributed by atoms with Gasteiger partial charge in [0.1, 0.15) is 10.6 Å². The normalized spacial score (nSPS) is 13.4. The summed E-state index contributed by atoms with van der Waals surface area (Å²) in [5.41, 5.74) is -1.50. The molecule has 0 aromatic heterocycles. The Kier molecular flexibility index (Phi) is 3.63. The van der Waals surface area contributed by atoms with Gasteiger partial charge in [-0.25, -0.2) is 8.42 Å². The SMILES string of the molecule is Nc1ccc(OC(F)(F)F)cc1S(=O)(=O)C(F)(F)F. The molecule has 0 saturated carbocycles. The topological polar surface area (TPSA) is 69.4 Å². The third-order valence-electron chi connectivity index (χ3n) is 1.81. The molecule has 0 heterocycles. The lowest BCUT2D eigenvalue weighted by Crippen LogP contribution is -2.24. The van der Waals surface area contributed by atoms with Gasteiger partial charge in [0.2, 0.25) is 0 Å². The number of anilines is 1. The summed E-state index contributed by atoms with van der Waals surface area (Å²) >= 11 is 0. The van der Waals surface area contributed by atoms with Crippen molar-refractivity contribution in [3.05, 3.63) is 18.2 Å². The first-order chi connectivity index (χ1) is 8.34. The molecular formula is C8H5F6NO3S. The van der Waals surface area contributed by atoms with Crippen molar-refractivity contribution >= 4 is 15.5 Å². The second-order valence-corrected chi connectivity index (χ2v) is 5.11. The maximum absolute atomic E-state index is 12.3. The molecule has 1 aromatic carbocycles. The minimum atomic E-state index is -5.86. The highest BCUT2D eigenvalue weighted by Crippen LogP contribution is 2.36. The van der Waals surface area contributed by atoms with Gasteiger partial charge in [-0.05, 0) is 12.1 Å². The Balaban J connectivity index is 3.34. The summed E-state index contributed by atoms with van der Waals surface area (Å²) in [7, 11) is -5.86. The molecule has 0 fully saturated rings. The molecule has 0 radical (unpaired) electrons. The number of alkyl halides is 6. The predicted octanol–water partition coefficient (Wildman–Crippen LogP) is 2.46. The molecule has 2 N–H and O–H groups in total. The van der Waals surface area contributed by atoms with E-state index in [-0.39, 0.29) is 6.07 Å². The zero-order chi connectivity index (χ0) is 15.1. The van der Waals surface area contributed by atoms with Gasteiger partial charge in [-0.2, -0.15) is 13.2 Å². The monoisotopic (exact) mass is 309 g/mol. The summed E-state index contributed by atoms with van der Waals surface area (Å²) in [5, 5.41) is 0. The number of sulfone groups is 1. The first-order valence-electron chi connectivity index (χ1n) is 4.31. The van der Waals surface area contributed by atoms with Gasteiger partial charge >= 0.3 is 11.9 Å². The van der Waals surface area contributed by atoms with Gasteiger partial charge in [0, 0.05) is 6.07 Å². The molecular weight excluding hydrogens is 304 g/mol. The summed E-state index contributed by atoms with van der Waals surface area (Å²) in [6.45, 7) is 0. The van der Waals surface area contributed by atoms with Crippen LogP contribution in [0.5, 0.6) is 5.75 Å². The van der Waals surface area contributed by atoms with Crippen molar-refractivity contribution in [3.63, 3.8) is 0 Å². The van der Waals surface area contributed by atoms with Crippen molar-refractivity contribution in [2.45, 2.75) is 16.8 Å². The predicted molar refractivity (Wildman–Crippen MR) is 50.8 cm³/mol. The minimum Gasteiger partial charge on any atom is -0.406 e. The van der Waals surface area contributed by atoms with Crippen molar-refractivity contribution in [3.8, 4) is 5.75 Å². The summed E-state index contributed by atoms with van der Waals surface area (Å²) in [6, 6.07) is 1.23. The number of nitrogen functional groups attached to an aromatic ring is 1.